The van der Waals surface area contributed by atoms with Crippen molar-refractivity contribution in [3.63, 3.8) is 0 Å². The van der Waals surface area contributed by atoms with Crippen molar-refractivity contribution in [3.05, 3.63) is 54.6 Å². The Morgan fingerprint density at radius 3 is 2.93 bits per heavy atom. The number of rotatable bonds is 5. The fourth-order valence-electron chi connectivity index (χ4n) is 4.03. The minimum Gasteiger partial charge on any atom is -0.441 e. The summed E-state index contributed by atoms with van der Waals surface area (Å²) in [4.78, 5) is 25.3. The lowest BCUT2D eigenvalue weighted by molar-refractivity contribution is -0.119. The molecule has 1 saturated heterocycles. The number of aromatic nitrogens is 3. The molecule has 3 heterocycles. The zero-order chi connectivity index (χ0) is 20.8. The molecule has 2 amide bonds. The van der Waals surface area contributed by atoms with Crippen LogP contribution in [0, 0.1) is 0 Å². The maximum atomic E-state index is 12.4. The Kier molecular flexibility index (Phi) is 4.16. The van der Waals surface area contributed by atoms with E-state index in [1.807, 2.05) is 42.5 Å². The summed E-state index contributed by atoms with van der Waals surface area (Å²) < 4.78 is 7.24. The van der Waals surface area contributed by atoms with Crippen molar-refractivity contribution in [1.82, 2.24) is 20.3 Å². The van der Waals surface area contributed by atoms with Crippen LogP contribution in [-0.2, 0) is 16.2 Å². The number of para-hydroxylation sites is 1. The van der Waals surface area contributed by atoms with Gasteiger partial charge < -0.3 is 15.4 Å². The van der Waals surface area contributed by atoms with E-state index in [0.29, 0.717) is 6.67 Å². The molecule has 2 aliphatic rings. The van der Waals surface area contributed by atoms with Gasteiger partial charge in [0, 0.05) is 18.2 Å². The van der Waals surface area contributed by atoms with Gasteiger partial charge in [0.2, 0.25) is 5.91 Å². The first kappa shape index (κ1) is 18.2. The molecule has 1 aromatic heterocycles. The van der Waals surface area contributed by atoms with Crippen molar-refractivity contribution in [2.24, 2.45) is 0 Å². The SMILES string of the molecule is C=C1c2cc(NCn3nnc4ccccc43)ccc2N2C(=O)O[C@@H](CNC(C)=O)[C@H]12. The van der Waals surface area contributed by atoms with Crippen molar-refractivity contribution in [1.29, 1.82) is 0 Å². The lowest BCUT2D eigenvalue weighted by atomic mass is 10.00. The summed E-state index contributed by atoms with van der Waals surface area (Å²) in [6, 6.07) is 13.2. The van der Waals surface area contributed by atoms with E-state index in [1.165, 1.54) is 6.92 Å². The molecule has 1 fully saturated rings. The van der Waals surface area contributed by atoms with Gasteiger partial charge in [0.25, 0.3) is 0 Å². The summed E-state index contributed by atoms with van der Waals surface area (Å²) in [7, 11) is 0. The molecule has 5 rings (SSSR count). The average molecular weight is 404 g/mol. The molecular formula is C21H20N6O3. The highest BCUT2D eigenvalue weighted by Crippen LogP contribution is 2.45. The van der Waals surface area contributed by atoms with Crippen LogP contribution < -0.4 is 15.5 Å². The van der Waals surface area contributed by atoms with E-state index in [2.05, 4.69) is 27.5 Å². The fraction of sp³-hybridized carbons (Fsp3) is 0.238. The van der Waals surface area contributed by atoms with Crippen LogP contribution in [0.2, 0.25) is 0 Å². The number of nitrogens with one attached hydrogen (secondary N) is 2. The van der Waals surface area contributed by atoms with Crippen LogP contribution in [0.3, 0.4) is 0 Å². The van der Waals surface area contributed by atoms with Crippen LogP contribution >= 0.6 is 0 Å². The second-order valence-corrected chi connectivity index (χ2v) is 7.34. The maximum Gasteiger partial charge on any atom is 0.415 e. The third kappa shape index (κ3) is 2.86. The quantitative estimate of drug-likeness (QED) is 0.677. The largest absolute Gasteiger partial charge is 0.441 e. The Morgan fingerprint density at radius 1 is 1.27 bits per heavy atom. The van der Waals surface area contributed by atoms with Gasteiger partial charge in [-0.05, 0) is 35.9 Å². The molecule has 30 heavy (non-hydrogen) atoms. The average Bonchev–Trinajstić information content (AvgIpc) is 3.38. The number of benzene rings is 2. The first-order chi connectivity index (χ1) is 14.5. The van der Waals surface area contributed by atoms with Crippen molar-refractivity contribution in [2.75, 3.05) is 16.8 Å². The number of anilines is 2. The number of carbonyl (C=O) groups excluding carboxylic acids is 2. The monoisotopic (exact) mass is 404 g/mol. The van der Waals surface area contributed by atoms with E-state index in [-0.39, 0.29) is 18.5 Å². The molecule has 2 aliphatic heterocycles. The Bertz CT molecular complexity index is 1190. The third-order valence-electron chi connectivity index (χ3n) is 5.44. The van der Waals surface area contributed by atoms with Gasteiger partial charge in [0.15, 0.2) is 0 Å². The van der Waals surface area contributed by atoms with Gasteiger partial charge in [-0.2, -0.15) is 0 Å². The molecule has 9 heteroatoms. The van der Waals surface area contributed by atoms with Crippen LogP contribution in [-0.4, -0.2) is 45.7 Å². The number of amides is 2. The molecule has 2 aromatic carbocycles. The molecule has 0 unspecified atom stereocenters. The Balaban J connectivity index is 1.36. The van der Waals surface area contributed by atoms with Gasteiger partial charge >= 0.3 is 6.09 Å². The zero-order valence-corrected chi connectivity index (χ0v) is 16.3. The second kappa shape index (κ2) is 6.87. The van der Waals surface area contributed by atoms with Crippen molar-refractivity contribution in [3.8, 4) is 0 Å². The summed E-state index contributed by atoms with van der Waals surface area (Å²) in [5, 5.41) is 14.4. The molecular weight excluding hydrogens is 384 g/mol. The predicted octanol–water partition coefficient (Wildman–Crippen LogP) is 2.36. The molecule has 152 valence electrons. The summed E-state index contributed by atoms with van der Waals surface area (Å²) >= 11 is 0. The van der Waals surface area contributed by atoms with Crippen molar-refractivity contribution < 1.29 is 14.3 Å². The lowest BCUT2D eigenvalue weighted by Crippen LogP contribution is -2.39. The predicted molar refractivity (Wildman–Crippen MR) is 112 cm³/mol. The zero-order valence-electron chi connectivity index (χ0n) is 16.3. The highest BCUT2D eigenvalue weighted by Gasteiger charge is 2.49. The molecule has 0 radical (unpaired) electrons. The standard InChI is InChI=1S/C21H20N6O3/c1-12-15-9-14(23-11-26-18-6-4-3-5-16(18)24-25-26)7-8-17(15)27-20(12)19(30-21(27)29)10-22-13(2)28/h3-9,19-20,23H,1,10-11H2,2H3,(H,22,28)/t19-,20-/m0/s1. The van der Waals surface area contributed by atoms with Gasteiger partial charge in [-0.15, -0.1) is 5.10 Å². The lowest BCUT2D eigenvalue weighted by Gasteiger charge is -2.17. The Labute approximate surface area is 172 Å². The highest BCUT2D eigenvalue weighted by atomic mass is 16.6. The number of ether oxygens (including phenoxy) is 1. The van der Waals surface area contributed by atoms with E-state index in [4.69, 9.17) is 4.74 Å². The van der Waals surface area contributed by atoms with Gasteiger partial charge in [0.05, 0.1) is 17.7 Å². The van der Waals surface area contributed by atoms with Gasteiger partial charge in [-0.1, -0.05) is 23.9 Å². The van der Waals surface area contributed by atoms with E-state index >= 15 is 0 Å². The number of carbonyl (C=O) groups is 2. The number of fused-ring (bicyclic) bond motifs is 4. The van der Waals surface area contributed by atoms with Gasteiger partial charge in [0.1, 0.15) is 24.3 Å². The first-order valence-corrected chi connectivity index (χ1v) is 9.62. The normalized spacial score (nSPS) is 19.6. The maximum absolute atomic E-state index is 12.4. The fourth-order valence-corrected chi connectivity index (χ4v) is 4.03. The van der Waals surface area contributed by atoms with E-state index < -0.39 is 12.2 Å². The van der Waals surface area contributed by atoms with E-state index in [9.17, 15) is 9.59 Å². The molecule has 2 N–H and O–H groups in total. The van der Waals surface area contributed by atoms with Crippen LogP contribution in [0.15, 0.2) is 49.0 Å². The van der Waals surface area contributed by atoms with Crippen molar-refractivity contribution in [2.45, 2.75) is 25.7 Å². The smallest absolute Gasteiger partial charge is 0.415 e. The van der Waals surface area contributed by atoms with Gasteiger partial charge in [-0.25, -0.2) is 9.48 Å². The Hall–Kier alpha value is -3.88. The summed E-state index contributed by atoms with van der Waals surface area (Å²) in [6.07, 6.45) is -0.899. The third-order valence-corrected chi connectivity index (χ3v) is 5.44. The first-order valence-electron chi connectivity index (χ1n) is 9.62. The Morgan fingerprint density at radius 2 is 2.10 bits per heavy atom. The van der Waals surface area contributed by atoms with Gasteiger partial charge in [-0.3, -0.25) is 9.69 Å². The number of cyclic esters (lactones) is 1. The van der Waals surface area contributed by atoms with E-state index in [0.717, 1.165) is 33.5 Å². The molecule has 0 spiro atoms. The molecule has 0 saturated carbocycles. The molecule has 3 aromatic rings. The summed E-state index contributed by atoms with van der Waals surface area (Å²) in [5.74, 6) is -0.169. The topological polar surface area (TPSA) is 101 Å². The molecule has 2 atom stereocenters. The van der Waals surface area contributed by atoms with Crippen LogP contribution in [0.4, 0.5) is 16.2 Å². The minimum atomic E-state index is -0.473. The molecule has 0 bridgehead atoms. The second-order valence-electron chi connectivity index (χ2n) is 7.34. The van der Waals surface area contributed by atoms with Crippen LogP contribution in [0.25, 0.3) is 16.6 Å². The van der Waals surface area contributed by atoms with E-state index in [1.54, 1.807) is 9.58 Å². The van der Waals surface area contributed by atoms with Crippen LogP contribution in [0.1, 0.15) is 12.5 Å². The molecule has 0 aliphatic carbocycles. The number of hydrogen-bond donors (Lipinski definition) is 2. The highest BCUT2D eigenvalue weighted by molar-refractivity contribution is 6.04. The number of nitrogens with zero attached hydrogens (tertiary/aromatic N) is 4. The number of hydrogen-bond acceptors (Lipinski definition) is 6. The molecule has 9 nitrogen and oxygen atoms in total. The van der Waals surface area contributed by atoms with Crippen LogP contribution in [0.5, 0.6) is 0 Å². The van der Waals surface area contributed by atoms with Crippen molar-refractivity contribution >= 4 is 40.0 Å². The summed E-state index contributed by atoms with van der Waals surface area (Å²) in [6.45, 7) is 6.33. The summed E-state index contributed by atoms with van der Waals surface area (Å²) in [5.41, 5.74) is 5.10. The minimum absolute atomic E-state index is 0.169.